The minimum Gasteiger partial charge on any atom is -0.368 e. The Hall–Kier alpha value is -1.36. The molecule has 1 atom stereocenters. The molecular formula is C12H18N4S. The number of thiophene rings is 1. The summed E-state index contributed by atoms with van der Waals surface area (Å²) in [4.78, 5) is 13.0. The van der Waals surface area contributed by atoms with Crippen molar-refractivity contribution in [2.45, 2.75) is 33.2 Å². The molecule has 5 heteroatoms. The molecule has 2 rings (SSSR count). The van der Waals surface area contributed by atoms with Crippen molar-refractivity contribution in [1.82, 2.24) is 9.97 Å². The molecule has 0 aromatic carbocycles. The molecule has 2 aromatic rings. The van der Waals surface area contributed by atoms with Gasteiger partial charge in [0.15, 0.2) is 0 Å². The minimum atomic E-state index is 0.351. The van der Waals surface area contributed by atoms with Crippen molar-refractivity contribution in [1.29, 1.82) is 0 Å². The zero-order valence-electron chi connectivity index (χ0n) is 10.7. The van der Waals surface area contributed by atoms with Crippen LogP contribution in [-0.2, 0) is 0 Å². The highest BCUT2D eigenvalue weighted by atomic mass is 32.1. The Bertz CT molecular complexity index is 535. The van der Waals surface area contributed by atoms with Gasteiger partial charge in [-0.25, -0.2) is 4.98 Å². The van der Waals surface area contributed by atoms with E-state index in [1.54, 1.807) is 11.3 Å². The summed E-state index contributed by atoms with van der Waals surface area (Å²) in [5.74, 6) is 1.29. The molecule has 2 heterocycles. The summed E-state index contributed by atoms with van der Waals surface area (Å²) in [6.45, 7) is 6.43. The first kappa shape index (κ1) is 12.1. The highest BCUT2D eigenvalue weighted by Gasteiger charge is 2.16. The van der Waals surface area contributed by atoms with Crippen LogP contribution in [-0.4, -0.2) is 23.1 Å². The van der Waals surface area contributed by atoms with E-state index in [1.165, 1.54) is 4.88 Å². The van der Waals surface area contributed by atoms with Crippen LogP contribution in [0.2, 0.25) is 0 Å². The van der Waals surface area contributed by atoms with Gasteiger partial charge in [0.2, 0.25) is 5.95 Å². The lowest BCUT2D eigenvalue weighted by Gasteiger charge is -2.25. The third-order valence-electron chi connectivity index (χ3n) is 3.10. The zero-order valence-corrected chi connectivity index (χ0v) is 11.5. The van der Waals surface area contributed by atoms with E-state index in [0.29, 0.717) is 12.0 Å². The fraction of sp³-hybridized carbons (Fsp3) is 0.500. The Balaban J connectivity index is 2.58. The van der Waals surface area contributed by atoms with Gasteiger partial charge in [0, 0.05) is 18.0 Å². The third kappa shape index (κ3) is 2.20. The van der Waals surface area contributed by atoms with E-state index in [2.05, 4.69) is 48.8 Å². The SMILES string of the molecule is CCC(C)N(C)c1nc(N)nc2sc(C)cc12. The van der Waals surface area contributed by atoms with Crippen molar-refractivity contribution >= 4 is 33.3 Å². The lowest BCUT2D eigenvalue weighted by Crippen LogP contribution is -2.29. The summed E-state index contributed by atoms with van der Waals surface area (Å²) in [5.41, 5.74) is 5.77. The van der Waals surface area contributed by atoms with Crippen molar-refractivity contribution in [3.05, 3.63) is 10.9 Å². The molecule has 4 nitrogen and oxygen atoms in total. The summed E-state index contributed by atoms with van der Waals surface area (Å²) in [7, 11) is 2.06. The number of aromatic nitrogens is 2. The van der Waals surface area contributed by atoms with E-state index in [4.69, 9.17) is 5.73 Å². The summed E-state index contributed by atoms with van der Waals surface area (Å²) in [6, 6.07) is 2.57. The Morgan fingerprint density at radius 3 is 2.82 bits per heavy atom. The molecule has 0 aliphatic carbocycles. The molecule has 0 aliphatic rings. The molecule has 92 valence electrons. The quantitative estimate of drug-likeness (QED) is 0.910. The average molecular weight is 250 g/mol. The standard InChI is InChI=1S/C12H18N4S/c1-5-7(2)16(4)10-9-6-8(3)17-11(9)15-12(13)14-10/h6-7H,5H2,1-4H3,(H2,13,14,15). The number of anilines is 2. The van der Waals surface area contributed by atoms with Crippen LogP contribution >= 0.6 is 11.3 Å². The van der Waals surface area contributed by atoms with Crippen molar-refractivity contribution in [3.8, 4) is 0 Å². The van der Waals surface area contributed by atoms with Gasteiger partial charge >= 0.3 is 0 Å². The maximum atomic E-state index is 5.77. The number of nitrogens with two attached hydrogens (primary N) is 1. The van der Waals surface area contributed by atoms with Gasteiger partial charge in [0.05, 0.1) is 5.39 Å². The number of nitrogens with zero attached hydrogens (tertiary/aromatic N) is 3. The van der Waals surface area contributed by atoms with E-state index in [-0.39, 0.29) is 0 Å². The molecule has 0 amide bonds. The normalized spacial score (nSPS) is 12.9. The summed E-state index contributed by atoms with van der Waals surface area (Å²) >= 11 is 1.66. The fourth-order valence-corrected chi connectivity index (χ4v) is 2.68. The molecule has 0 spiro atoms. The van der Waals surface area contributed by atoms with Crippen LogP contribution in [0.25, 0.3) is 10.2 Å². The van der Waals surface area contributed by atoms with E-state index >= 15 is 0 Å². The van der Waals surface area contributed by atoms with Crippen molar-refractivity contribution in [3.63, 3.8) is 0 Å². The second kappa shape index (κ2) is 4.49. The van der Waals surface area contributed by atoms with E-state index in [0.717, 1.165) is 22.5 Å². The fourth-order valence-electron chi connectivity index (χ4n) is 1.79. The van der Waals surface area contributed by atoms with E-state index in [1.807, 2.05) is 0 Å². The highest BCUT2D eigenvalue weighted by molar-refractivity contribution is 7.18. The van der Waals surface area contributed by atoms with Gasteiger partial charge in [0.25, 0.3) is 0 Å². The Morgan fingerprint density at radius 2 is 2.18 bits per heavy atom. The van der Waals surface area contributed by atoms with Crippen LogP contribution in [0, 0.1) is 6.92 Å². The summed E-state index contributed by atoms with van der Waals surface area (Å²) < 4.78 is 0. The summed E-state index contributed by atoms with van der Waals surface area (Å²) in [5, 5.41) is 1.10. The third-order valence-corrected chi connectivity index (χ3v) is 4.04. The van der Waals surface area contributed by atoms with Gasteiger partial charge < -0.3 is 10.6 Å². The maximum absolute atomic E-state index is 5.77. The number of hydrogen-bond acceptors (Lipinski definition) is 5. The molecule has 0 saturated heterocycles. The Labute approximate surface area is 105 Å². The molecule has 17 heavy (non-hydrogen) atoms. The molecule has 0 aliphatic heterocycles. The lowest BCUT2D eigenvalue weighted by atomic mass is 10.2. The van der Waals surface area contributed by atoms with Crippen LogP contribution in [0.3, 0.4) is 0 Å². The number of aryl methyl sites for hydroxylation is 1. The first-order chi connectivity index (χ1) is 8.02. The van der Waals surface area contributed by atoms with Crippen molar-refractivity contribution in [2.75, 3.05) is 17.7 Å². The van der Waals surface area contributed by atoms with Crippen LogP contribution in [0.1, 0.15) is 25.1 Å². The maximum Gasteiger partial charge on any atom is 0.223 e. The van der Waals surface area contributed by atoms with E-state index in [9.17, 15) is 0 Å². The molecule has 1 unspecified atom stereocenters. The van der Waals surface area contributed by atoms with Crippen LogP contribution in [0.15, 0.2) is 6.07 Å². The topological polar surface area (TPSA) is 55.0 Å². The van der Waals surface area contributed by atoms with Gasteiger partial charge in [-0.2, -0.15) is 4.98 Å². The predicted molar refractivity (Wildman–Crippen MR) is 74.7 cm³/mol. The molecule has 2 aromatic heterocycles. The molecule has 0 fully saturated rings. The smallest absolute Gasteiger partial charge is 0.223 e. The predicted octanol–water partition coefficient (Wildman–Crippen LogP) is 2.82. The number of fused-ring (bicyclic) bond motifs is 1. The molecule has 0 radical (unpaired) electrons. The average Bonchev–Trinajstić information content (AvgIpc) is 2.66. The Kier molecular flexibility index (Phi) is 3.19. The minimum absolute atomic E-state index is 0.351. The lowest BCUT2D eigenvalue weighted by molar-refractivity contribution is 0.659. The van der Waals surface area contributed by atoms with Gasteiger partial charge in [-0.15, -0.1) is 11.3 Å². The summed E-state index contributed by atoms with van der Waals surface area (Å²) in [6.07, 6.45) is 1.07. The van der Waals surface area contributed by atoms with Gasteiger partial charge in [-0.05, 0) is 26.3 Å². The monoisotopic (exact) mass is 250 g/mol. The first-order valence-corrected chi connectivity index (χ1v) is 6.61. The van der Waals surface area contributed by atoms with Gasteiger partial charge in [-0.1, -0.05) is 6.92 Å². The molecular weight excluding hydrogens is 232 g/mol. The second-order valence-corrected chi connectivity index (χ2v) is 5.58. The number of nitrogen functional groups attached to an aromatic ring is 1. The molecule has 0 bridgehead atoms. The van der Waals surface area contributed by atoms with Gasteiger partial charge in [0.1, 0.15) is 10.6 Å². The van der Waals surface area contributed by atoms with Crippen molar-refractivity contribution < 1.29 is 0 Å². The van der Waals surface area contributed by atoms with Crippen molar-refractivity contribution in [2.24, 2.45) is 0 Å². The first-order valence-electron chi connectivity index (χ1n) is 5.79. The zero-order chi connectivity index (χ0) is 12.6. The Morgan fingerprint density at radius 1 is 1.47 bits per heavy atom. The van der Waals surface area contributed by atoms with E-state index < -0.39 is 0 Å². The highest BCUT2D eigenvalue weighted by Crippen LogP contribution is 2.31. The van der Waals surface area contributed by atoms with Crippen LogP contribution in [0.5, 0.6) is 0 Å². The molecule has 0 saturated carbocycles. The van der Waals surface area contributed by atoms with Gasteiger partial charge in [-0.3, -0.25) is 0 Å². The number of rotatable bonds is 3. The molecule has 2 N–H and O–H groups in total. The van der Waals surface area contributed by atoms with Crippen LogP contribution < -0.4 is 10.6 Å². The number of hydrogen-bond donors (Lipinski definition) is 1. The van der Waals surface area contributed by atoms with Crippen LogP contribution in [0.4, 0.5) is 11.8 Å². The largest absolute Gasteiger partial charge is 0.368 e. The second-order valence-electron chi connectivity index (χ2n) is 4.35.